The van der Waals surface area contributed by atoms with Gasteiger partial charge in [-0.25, -0.2) is 10.3 Å². The van der Waals surface area contributed by atoms with Crippen molar-refractivity contribution in [3.05, 3.63) is 29.8 Å². The maximum absolute atomic E-state index is 11.0. The predicted octanol–water partition coefficient (Wildman–Crippen LogP) is -1.42. The largest absolute Gasteiger partial charge is 0.508 e. The van der Waals surface area contributed by atoms with Crippen molar-refractivity contribution in [3.63, 3.8) is 0 Å². The highest BCUT2D eigenvalue weighted by atomic mass is 32.2. The van der Waals surface area contributed by atoms with Gasteiger partial charge >= 0.3 is 5.97 Å². The molecule has 0 aliphatic carbocycles. The zero-order valence-electron chi connectivity index (χ0n) is 10.3. The first-order valence-corrected chi connectivity index (χ1v) is 6.66. The summed E-state index contributed by atoms with van der Waals surface area (Å²) in [6, 6.07) is 5.90. The van der Waals surface area contributed by atoms with E-state index in [-0.39, 0.29) is 5.75 Å². The number of nitrogens with two attached hydrogens (primary N) is 3. The van der Waals surface area contributed by atoms with Crippen molar-refractivity contribution in [2.45, 2.75) is 12.5 Å². The van der Waals surface area contributed by atoms with Crippen molar-refractivity contribution >= 4 is 16.2 Å². The van der Waals surface area contributed by atoms with Crippen molar-refractivity contribution in [2.75, 3.05) is 7.11 Å². The smallest absolute Gasteiger partial charge is 0.322 e. The lowest BCUT2D eigenvalue weighted by atomic mass is 10.1. The molecule has 0 aliphatic rings. The monoisotopic (exact) mass is 291 g/mol. The molecule has 0 heterocycles. The lowest BCUT2D eigenvalue weighted by molar-refractivity contribution is -0.142. The van der Waals surface area contributed by atoms with Gasteiger partial charge in [0.05, 0.1) is 7.11 Å². The molecule has 1 rings (SSSR count). The van der Waals surface area contributed by atoms with Gasteiger partial charge in [-0.2, -0.15) is 8.42 Å². The zero-order valence-corrected chi connectivity index (χ0v) is 11.1. The highest BCUT2D eigenvalue weighted by molar-refractivity contribution is 7.86. The maximum atomic E-state index is 11.0. The molecule has 0 spiro atoms. The normalized spacial score (nSPS) is 12.0. The minimum Gasteiger partial charge on any atom is -0.508 e. The molecule has 0 amide bonds. The van der Waals surface area contributed by atoms with E-state index in [1.54, 1.807) is 24.3 Å². The van der Waals surface area contributed by atoms with Crippen LogP contribution in [0.3, 0.4) is 0 Å². The number of phenolic OH excluding ortho intramolecular Hbond substituents is 1. The number of carbonyl (C=O) groups is 1. The number of methoxy groups -OCH3 is 1. The SMILES string of the molecule is COC(=O)[C@@H](N)Cc1ccc(O)cc1.NS(N)(=O)=O. The van der Waals surface area contributed by atoms with Crippen LogP contribution in [0.15, 0.2) is 24.3 Å². The summed E-state index contributed by atoms with van der Waals surface area (Å²) in [5.41, 5.74) is 6.45. The van der Waals surface area contributed by atoms with Crippen molar-refractivity contribution < 1.29 is 23.1 Å². The molecule has 0 saturated carbocycles. The Morgan fingerprint density at radius 3 is 2.11 bits per heavy atom. The fraction of sp³-hybridized carbons (Fsp3) is 0.300. The summed E-state index contributed by atoms with van der Waals surface area (Å²) >= 11 is 0. The van der Waals surface area contributed by atoms with E-state index in [1.165, 1.54) is 7.11 Å². The number of ether oxygens (including phenoxy) is 1. The quantitative estimate of drug-likeness (QED) is 0.500. The molecule has 1 atom stereocenters. The summed E-state index contributed by atoms with van der Waals surface area (Å²) in [6.07, 6.45) is 0.410. The van der Waals surface area contributed by atoms with Crippen molar-refractivity contribution in [1.29, 1.82) is 0 Å². The summed E-state index contributed by atoms with van der Waals surface area (Å²) in [5.74, 6) is -0.238. The average Bonchev–Trinajstić information content (AvgIpc) is 2.29. The van der Waals surface area contributed by atoms with Crippen molar-refractivity contribution in [1.82, 2.24) is 0 Å². The Hall–Kier alpha value is -1.68. The molecule has 0 radical (unpaired) electrons. The fourth-order valence-electron chi connectivity index (χ4n) is 1.12. The molecule has 0 unspecified atom stereocenters. The maximum Gasteiger partial charge on any atom is 0.322 e. The zero-order chi connectivity index (χ0) is 15.1. The highest BCUT2D eigenvalue weighted by Crippen LogP contribution is 2.10. The topological polar surface area (TPSA) is 159 Å². The predicted molar refractivity (Wildman–Crippen MR) is 69.1 cm³/mol. The Morgan fingerprint density at radius 1 is 1.32 bits per heavy atom. The van der Waals surface area contributed by atoms with E-state index in [2.05, 4.69) is 15.0 Å². The Kier molecular flexibility index (Phi) is 7.01. The van der Waals surface area contributed by atoms with E-state index in [1.807, 2.05) is 0 Å². The molecule has 19 heavy (non-hydrogen) atoms. The van der Waals surface area contributed by atoms with Crippen LogP contribution >= 0.6 is 0 Å². The van der Waals surface area contributed by atoms with E-state index >= 15 is 0 Å². The minimum atomic E-state index is -3.67. The van der Waals surface area contributed by atoms with E-state index in [4.69, 9.17) is 10.8 Å². The number of hydrogen-bond donors (Lipinski definition) is 4. The van der Waals surface area contributed by atoms with E-state index in [9.17, 15) is 13.2 Å². The Morgan fingerprint density at radius 2 is 1.74 bits per heavy atom. The summed E-state index contributed by atoms with van der Waals surface area (Å²) in [5, 5.41) is 17.2. The van der Waals surface area contributed by atoms with E-state index in [0.29, 0.717) is 6.42 Å². The standard InChI is InChI=1S/C10H13NO3.H4N2O2S/c1-14-10(13)9(11)6-7-2-4-8(12)5-3-7;1-5(2,3)4/h2-5,9,12H,6,11H2,1H3;(H4,1,2,3,4)/t9-;/m0./s1. The lowest BCUT2D eigenvalue weighted by Gasteiger charge is -2.08. The molecule has 0 bridgehead atoms. The summed E-state index contributed by atoms with van der Waals surface area (Å²) < 4.78 is 22.9. The van der Waals surface area contributed by atoms with Gasteiger partial charge in [0.15, 0.2) is 0 Å². The van der Waals surface area contributed by atoms with Gasteiger partial charge in [-0.3, -0.25) is 4.79 Å². The molecular weight excluding hydrogens is 274 g/mol. The van der Waals surface area contributed by atoms with Crippen LogP contribution < -0.4 is 16.0 Å². The molecule has 108 valence electrons. The molecule has 0 saturated heterocycles. The van der Waals surface area contributed by atoms with Crippen LogP contribution in [-0.4, -0.2) is 32.6 Å². The number of carbonyl (C=O) groups excluding carboxylic acids is 1. The molecule has 8 nitrogen and oxygen atoms in total. The van der Waals surface area contributed by atoms with Gasteiger partial charge in [0.1, 0.15) is 11.8 Å². The van der Waals surface area contributed by atoms with Gasteiger partial charge in [-0.15, -0.1) is 0 Å². The number of rotatable bonds is 3. The van der Waals surface area contributed by atoms with Crippen LogP contribution in [0.25, 0.3) is 0 Å². The Bertz CT molecular complexity index is 492. The van der Waals surface area contributed by atoms with Crippen molar-refractivity contribution in [2.24, 2.45) is 16.0 Å². The third-order valence-electron chi connectivity index (χ3n) is 1.90. The second kappa shape index (κ2) is 7.69. The van der Waals surface area contributed by atoms with Gasteiger partial charge < -0.3 is 15.6 Å². The van der Waals surface area contributed by atoms with E-state index in [0.717, 1.165) is 5.56 Å². The van der Waals surface area contributed by atoms with Gasteiger partial charge in [-0.05, 0) is 24.1 Å². The molecule has 0 aliphatic heterocycles. The van der Waals surface area contributed by atoms with Gasteiger partial charge in [-0.1, -0.05) is 12.1 Å². The molecule has 0 fully saturated rings. The molecule has 9 heteroatoms. The van der Waals surface area contributed by atoms with Gasteiger partial charge in [0.25, 0.3) is 10.2 Å². The third-order valence-corrected chi connectivity index (χ3v) is 1.90. The number of benzene rings is 1. The van der Waals surface area contributed by atoms with Crippen LogP contribution in [0.1, 0.15) is 5.56 Å². The van der Waals surface area contributed by atoms with Gasteiger partial charge in [0.2, 0.25) is 0 Å². The van der Waals surface area contributed by atoms with Crippen LogP contribution in [-0.2, 0) is 26.2 Å². The average molecular weight is 291 g/mol. The summed E-state index contributed by atoms with van der Waals surface area (Å²) in [7, 11) is -2.36. The number of hydrogen-bond acceptors (Lipinski definition) is 6. The second-order valence-corrected chi connectivity index (χ2v) is 4.77. The van der Waals surface area contributed by atoms with E-state index < -0.39 is 22.2 Å². The van der Waals surface area contributed by atoms with Crippen LogP contribution in [0.4, 0.5) is 0 Å². The molecule has 1 aromatic carbocycles. The Labute approximate surface area is 111 Å². The summed E-state index contributed by atoms with van der Waals surface area (Å²) in [6.45, 7) is 0. The first-order chi connectivity index (χ1) is 8.63. The highest BCUT2D eigenvalue weighted by Gasteiger charge is 2.13. The number of aromatic hydroxyl groups is 1. The van der Waals surface area contributed by atoms with Crippen molar-refractivity contribution in [3.8, 4) is 5.75 Å². The molecule has 0 aromatic heterocycles. The van der Waals surface area contributed by atoms with Crippen LogP contribution in [0.5, 0.6) is 5.75 Å². The first-order valence-electron chi connectivity index (χ1n) is 5.05. The number of esters is 1. The second-order valence-electron chi connectivity index (χ2n) is 3.59. The van der Waals surface area contributed by atoms with Crippen LogP contribution in [0, 0.1) is 0 Å². The minimum absolute atomic E-state index is 0.195. The summed E-state index contributed by atoms with van der Waals surface area (Å²) in [4.78, 5) is 11.0. The molecule has 1 aromatic rings. The fourth-order valence-corrected chi connectivity index (χ4v) is 1.12. The van der Waals surface area contributed by atoms with Gasteiger partial charge in [0, 0.05) is 0 Å². The Balaban J connectivity index is 0.000000555. The lowest BCUT2D eigenvalue weighted by Crippen LogP contribution is -2.33. The van der Waals surface area contributed by atoms with Crippen LogP contribution in [0.2, 0.25) is 0 Å². The first kappa shape index (κ1) is 17.3. The molecular formula is C10H17N3O5S. The number of phenols is 1. The molecule has 7 N–H and O–H groups in total. The third kappa shape index (κ3) is 9.97.